The average molecular weight is 297 g/mol. The average Bonchev–Trinajstić information content (AvgIpc) is 2.30. The van der Waals surface area contributed by atoms with E-state index >= 15 is 0 Å². The molecule has 0 aliphatic carbocycles. The molecule has 0 spiro atoms. The van der Waals surface area contributed by atoms with E-state index in [9.17, 15) is 4.79 Å². The highest BCUT2D eigenvalue weighted by atomic mass is 17.1. The van der Waals surface area contributed by atoms with Gasteiger partial charge in [-0.15, -0.1) is 0 Å². The summed E-state index contributed by atoms with van der Waals surface area (Å²) >= 11 is 0. The first-order valence-corrected chi connectivity index (χ1v) is 6.18. The fourth-order valence-electron chi connectivity index (χ4n) is 1.39. The first kappa shape index (κ1) is 19.1. The Bertz CT molecular complexity index is 276. The SMILES string of the molecule is CC(C)CNC(=O)CC[C@@H](ON(O)O)C(C)ON(O)O. The van der Waals surface area contributed by atoms with E-state index in [-0.39, 0.29) is 18.7 Å². The third-order valence-corrected chi connectivity index (χ3v) is 2.38. The summed E-state index contributed by atoms with van der Waals surface area (Å²) in [4.78, 5) is 20.6. The summed E-state index contributed by atoms with van der Waals surface area (Å²) < 4.78 is 0. The van der Waals surface area contributed by atoms with E-state index in [1.165, 1.54) is 6.92 Å². The molecule has 0 saturated carbocycles. The van der Waals surface area contributed by atoms with E-state index < -0.39 is 23.0 Å². The lowest BCUT2D eigenvalue weighted by Gasteiger charge is -2.24. The number of hydrogen-bond donors (Lipinski definition) is 5. The number of nitrogens with zero attached hydrogens (tertiary/aromatic N) is 2. The molecule has 0 fully saturated rings. The second-order valence-electron chi connectivity index (χ2n) is 4.70. The maximum atomic E-state index is 11.5. The molecule has 2 atom stereocenters. The largest absolute Gasteiger partial charge is 0.356 e. The summed E-state index contributed by atoms with van der Waals surface area (Å²) in [6.45, 7) is 5.84. The van der Waals surface area contributed by atoms with Crippen molar-refractivity contribution >= 4 is 5.91 Å². The van der Waals surface area contributed by atoms with Gasteiger partial charge in [0.05, 0.1) is 10.8 Å². The van der Waals surface area contributed by atoms with E-state index in [0.29, 0.717) is 12.5 Å². The van der Waals surface area contributed by atoms with Crippen LogP contribution >= 0.6 is 0 Å². The fraction of sp³-hybridized carbons (Fsp3) is 0.900. The molecule has 5 N–H and O–H groups in total. The van der Waals surface area contributed by atoms with Crippen molar-refractivity contribution in [2.45, 2.75) is 45.8 Å². The van der Waals surface area contributed by atoms with Gasteiger partial charge in [-0.05, 0) is 19.3 Å². The van der Waals surface area contributed by atoms with Crippen molar-refractivity contribution < 1.29 is 35.3 Å². The van der Waals surface area contributed by atoms with Gasteiger partial charge in [0.15, 0.2) is 0 Å². The van der Waals surface area contributed by atoms with E-state index in [2.05, 4.69) is 15.0 Å². The van der Waals surface area contributed by atoms with E-state index in [4.69, 9.17) is 20.8 Å². The molecule has 0 saturated heterocycles. The van der Waals surface area contributed by atoms with Crippen LogP contribution in [0.3, 0.4) is 0 Å². The maximum Gasteiger partial charge on any atom is 0.220 e. The van der Waals surface area contributed by atoms with Crippen molar-refractivity contribution in [1.29, 1.82) is 0 Å². The van der Waals surface area contributed by atoms with Crippen molar-refractivity contribution in [3.63, 3.8) is 0 Å². The summed E-state index contributed by atoms with van der Waals surface area (Å²) in [6.07, 6.45) is -1.78. The Balaban J connectivity index is 4.25. The molecule has 0 aliphatic rings. The van der Waals surface area contributed by atoms with Gasteiger partial charge in [-0.25, -0.2) is 9.68 Å². The minimum absolute atomic E-state index is 0.0514. The Labute approximate surface area is 116 Å². The van der Waals surface area contributed by atoms with Crippen LogP contribution in [-0.2, 0) is 14.5 Å². The number of rotatable bonds is 10. The standard InChI is InChI=1S/C10H23N3O7/c1-7(2)6-11-10(14)5-4-9(20-13(17)18)8(3)19-12(15)16/h7-9,15-18H,4-6H2,1-3H3,(H,11,14)/t8?,9-/m1/s1. The number of hydrogen-bond acceptors (Lipinski definition) is 9. The molecule has 0 aromatic rings. The van der Waals surface area contributed by atoms with E-state index in [1.807, 2.05) is 13.8 Å². The molecule has 0 rings (SSSR count). The zero-order chi connectivity index (χ0) is 15.7. The zero-order valence-electron chi connectivity index (χ0n) is 11.8. The topological polar surface area (TPSA) is 135 Å². The Morgan fingerprint density at radius 3 is 2.10 bits per heavy atom. The van der Waals surface area contributed by atoms with Gasteiger partial charge in [0, 0.05) is 13.0 Å². The predicted octanol–water partition coefficient (Wildman–Crippen LogP) is 0.320. The third kappa shape index (κ3) is 10.00. The third-order valence-electron chi connectivity index (χ3n) is 2.38. The molecule has 1 unspecified atom stereocenters. The molecule has 0 bridgehead atoms. The Morgan fingerprint density at radius 1 is 1.10 bits per heavy atom. The van der Waals surface area contributed by atoms with Crippen LogP contribution < -0.4 is 5.32 Å². The van der Waals surface area contributed by atoms with Gasteiger partial charge in [0.2, 0.25) is 5.91 Å². The second-order valence-corrected chi connectivity index (χ2v) is 4.70. The minimum atomic E-state index is -0.975. The molecule has 0 aliphatic heterocycles. The molecule has 0 aromatic heterocycles. The molecule has 0 heterocycles. The molecular weight excluding hydrogens is 274 g/mol. The molecule has 10 heteroatoms. The lowest BCUT2D eigenvalue weighted by atomic mass is 10.1. The monoisotopic (exact) mass is 297 g/mol. The van der Waals surface area contributed by atoms with Gasteiger partial charge in [-0.3, -0.25) is 25.6 Å². The van der Waals surface area contributed by atoms with Crippen LogP contribution in [0.1, 0.15) is 33.6 Å². The Morgan fingerprint density at radius 2 is 1.65 bits per heavy atom. The lowest BCUT2D eigenvalue weighted by molar-refractivity contribution is -0.537. The van der Waals surface area contributed by atoms with Crippen LogP contribution in [0.4, 0.5) is 0 Å². The van der Waals surface area contributed by atoms with Gasteiger partial charge in [-0.1, -0.05) is 13.8 Å². The fourth-order valence-corrected chi connectivity index (χ4v) is 1.39. The maximum absolute atomic E-state index is 11.5. The van der Waals surface area contributed by atoms with Crippen LogP contribution in [0.15, 0.2) is 0 Å². The van der Waals surface area contributed by atoms with Crippen molar-refractivity contribution in [3.05, 3.63) is 0 Å². The van der Waals surface area contributed by atoms with Crippen molar-refractivity contribution in [3.8, 4) is 0 Å². The highest BCUT2D eigenvalue weighted by Crippen LogP contribution is 2.12. The molecule has 0 aromatic carbocycles. The normalized spacial score (nSPS) is 14.9. The van der Waals surface area contributed by atoms with E-state index in [1.54, 1.807) is 0 Å². The van der Waals surface area contributed by atoms with Gasteiger partial charge >= 0.3 is 0 Å². The summed E-state index contributed by atoms with van der Waals surface area (Å²) in [5.74, 6) is 0.0859. The van der Waals surface area contributed by atoms with Crippen molar-refractivity contribution in [2.75, 3.05) is 6.54 Å². The quantitative estimate of drug-likeness (QED) is 0.361. The van der Waals surface area contributed by atoms with Crippen molar-refractivity contribution in [2.24, 2.45) is 5.92 Å². The van der Waals surface area contributed by atoms with Gasteiger partial charge in [-0.2, -0.15) is 0 Å². The molecule has 0 radical (unpaired) electrons. The molecule has 20 heavy (non-hydrogen) atoms. The Hall–Kier alpha value is -0.850. The van der Waals surface area contributed by atoms with Crippen LogP contribution in [0.25, 0.3) is 0 Å². The predicted molar refractivity (Wildman–Crippen MR) is 63.3 cm³/mol. The molecule has 10 nitrogen and oxygen atoms in total. The first-order chi connectivity index (χ1) is 9.22. The number of carbonyl (C=O) groups excluding carboxylic acids is 1. The summed E-state index contributed by atoms with van der Waals surface area (Å²) in [5, 5.41) is 35.9. The Kier molecular flexibility index (Phi) is 9.54. The van der Waals surface area contributed by atoms with Crippen LogP contribution in [0.2, 0.25) is 0 Å². The zero-order valence-corrected chi connectivity index (χ0v) is 11.8. The number of carbonyl (C=O) groups is 1. The highest BCUT2D eigenvalue weighted by molar-refractivity contribution is 5.75. The highest BCUT2D eigenvalue weighted by Gasteiger charge is 2.24. The van der Waals surface area contributed by atoms with E-state index in [0.717, 1.165) is 0 Å². The molecular formula is C10H23N3O7. The number of amides is 1. The van der Waals surface area contributed by atoms with Crippen LogP contribution in [0, 0.1) is 5.92 Å². The van der Waals surface area contributed by atoms with Crippen LogP contribution in [-0.4, -0.2) is 56.3 Å². The van der Waals surface area contributed by atoms with Gasteiger partial charge in [0.1, 0.15) is 12.2 Å². The molecule has 120 valence electrons. The summed E-state index contributed by atoms with van der Waals surface area (Å²) in [5.41, 5.74) is 0. The number of nitrogens with one attached hydrogen (secondary N) is 1. The molecule has 1 amide bonds. The lowest BCUT2D eigenvalue weighted by Crippen LogP contribution is -2.38. The first-order valence-electron chi connectivity index (χ1n) is 6.18. The minimum Gasteiger partial charge on any atom is -0.356 e. The summed E-state index contributed by atoms with van der Waals surface area (Å²) in [6, 6.07) is 0. The van der Waals surface area contributed by atoms with Crippen molar-refractivity contribution in [1.82, 2.24) is 16.1 Å². The summed E-state index contributed by atoms with van der Waals surface area (Å²) in [7, 11) is 0. The second kappa shape index (κ2) is 9.96. The van der Waals surface area contributed by atoms with Gasteiger partial charge in [0.25, 0.3) is 0 Å². The smallest absolute Gasteiger partial charge is 0.220 e. The van der Waals surface area contributed by atoms with Gasteiger partial charge < -0.3 is 5.32 Å². The van der Waals surface area contributed by atoms with Crippen LogP contribution in [0.5, 0.6) is 0 Å².